The van der Waals surface area contributed by atoms with Crippen LogP contribution in [0.4, 0.5) is 0 Å². The highest BCUT2D eigenvalue weighted by molar-refractivity contribution is 9.10. The third kappa shape index (κ3) is 3.99. The van der Waals surface area contributed by atoms with Gasteiger partial charge in [0.1, 0.15) is 6.04 Å². The Morgan fingerprint density at radius 2 is 2.17 bits per heavy atom. The van der Waals surface area contributed by atoms with E-state index >= 15 is 0 Å². The normalized spacial score (nSPS) is 11.9. The largest absolute Gasteiger partial charge is 0.480 e. The molecule has 0 bridgehead atoms. The number of rotatable bonds is 5. The summed E-state index contributed by atoms with van der Waals surface area (Å²) in [6.07, 6.45) is 1.07. The number of carboxylic acids is 1. The number of carboxylic acid groups (broad SMARTS) is 1. The molecule has 0 fully saturated rings. The summed E-state index contributed by atoms with van der Waals surface area (Å²) in [5.41, 5.74) is 0.338. The smallest absolute Gasteiger partial charge is 0.326 e. The van der Waals surface area contributed by atoms with E-state index in [0.29, 0.717) is 27.9 Å². The minimum atomic E-state index is -1.03. The molecule has 98 valence electrons. The fraction of sp³-hybridized carbons (Fsp3) is 0.333. The molecule has 2 N–H and O–H groups in total. The summed E-state index contributed by atoms with van der Waals surface area (Å²) < 4.78 is 0.684. The Morgan fingerprint density at radius 1 is 1.50 bits per heavy atom. The van der Waals surface area contributed by atoms with Gasteiger partial charge in [0, 0.05) is 10.0 Å². The summed E-state index contributed by atoms with van der Waals surface area (Å²) >= 11 is 9.09. The molecule has 0 unspecified atom stereocenters. The lowest BCUT2D eigenvalue weighted by atomic mass is 10.1. The van der Waals surface area contributed by atoms with Gasteiger partial charge in [-0.2, -0.15) is 0 Å². The first-order valence-electron chi connectivity index (χ1n) is 5.44. The van der Waals surface area contributed by atoms with Crippen molar-refractivity contribution in [3.05, 3.63) is 33.3 Å². The van der Waals surface area contributed by atoms with Gasteiger partial charge in [0.15, 0.2) is 0 Å². The zero-order valence-electron chi connectivity index (χ0n) is 9.74. The fourth-order valence-electron chi connectivity index (χ4n) is 1.43. The molecule has 6 heteroatoms. The van der Waals surface area contributed by atoms with Crippen LogP contribution in [0.25, 0.3) is 0 Å². The lowest BCUT2D eigenvalue weighted by Gasteiger charge is -2.13. The molecule has 1 rings (SSSR count). The van der Waals surface area contributed by atoms with Crippen LogP contribution in [-0.4, -0.2) is 23.0 Å². The van der Waals surface area contributed by atoms with Gasteiger partial charge in [0.05, 0.1) is 5.02 Å². The number of carbonyl (C=O) groups is 2. The second kappa shape index (κ2) is 6.75. The molecule has 0 heterocycles. The van der Waals surface area contributed by atoms with Crippen LogP contribution in [-0.2, 0) is 4.79 Å². The van der Waals surface area contributed by atoms with Gasteiger partial charge >= 0.3 is 5.97 Å². The van der Waals surface area contributed by atoms with Crippen LogP contribution in [0.15, 0.2) is 22.7 Å². The third-order valence-electron chi connectivity index (χ3n) is 2.36. The predicted molar refractivity (Wildman–Crippen MR) is 73.0 cm³/mol. The average Bonchev–Trinajstić information content (AvgIpc) is 2.31. The number of halogens is 2. The molecule has 4 nitrogen and oxygen atoms in total. The van der Waals surface area contributed by atoms with Gasteiger partial charge in [0.25, 0.3) is 5.91 Å². The molecular weight excluding hydrogens is 321 g/mol. The molecule has 0 spiro atoms. The molecule has 18 heavy (non-hydrogen) atoms. The first kappa shape index (κ1) is 15.0. The van der Waals surface area contributed by atoms with Crippen LogP contribution in [0.1, 0.15) is 30.1 Å². The van der Waals surface area contributed by atoms with Crippen LogP contribution in [0.2, 0.25) is 5.02 Å². The fourth-order valence-corrected chi connectivity index (χ4v) is 1.85. The number of benzene rings is 1. The van der Waals surface area contributed by atoms with Gasteiger partial charge in [0.2, 0.25) is 0 Å². The Bertz CT molecular complexity index is 465. The molecule has 1 aromatic rings. The summed E-state index contributed by atoms with van der Waals surface area (Å²) in [5, 5.41) is 11.8. The van der Waals surface area contributed by atoms with E-state index < -0.39 is 17.9 Å². The van der Waals surface area contributed by atoms with E-state index in [-0.39, 0.29) is 0 Å². The van der Waals surface area contributed by atoms with Gasteiger partial charge in [-0.3, -0.25) is 4.79 Å². The van der Waals surface area contributed by atoms with Gasteiger partial charge < -0.3 is 10.4 Å². The maximum Gasteiger partial charge on any atom is 0.326 e. The summed E-state index contributed by atoms with van der Waals surface area (Å²) in [6.45, 7) is 1.86. The molecule has 0 aliphatic carbocycles. The minimum absolute atomic E-state index is 0.338. The van der Waals surface area contributed by atoms with E-state index in [1.54, 1.807) is 12.1 Å². The van der Waals surface area contributed by atoms with Crippen molar-refractivity contribution < 1.29 is 14.7 Å². The molecule has 1 atom stereocenters. The van der Waals surface area contributed by atoms with E-state index in [1.165, 1.54) is 6.07 Å². The van der Waals surface area contributed by atoms with Crippen molar-refractivity contribution in [2.45, 2.75) is 25.8 Å². The van der Waals surface area contributed by atoms with E-state index in [0.717, 1.165) is 0 Å². The lowest BCUT2D eigenvalue weighted by Crippen LogP contribution is -2.40. The van der Waals surface area contributed by atoms with E-state index in [4.69, 9.17) is 16.7 Å². The van der Waals surface area contributed by atoms with Crippen molar-refractivity contribution in [2.75, 3.05) is 0 Å². The topological polar surface area (TPSA) is 66.4 Å². The van der Waals surface area contributed by atoms with Crippen LogP contribution in [0.3, 0.4) is 0 Å². The van der Waals surface area contributed by atoms with Crippen LogP contribution < -0.4 is 5.32 Å². The Kier molecular flexibility index (Phi) is 5.62. The predicted octanol–water partition coefficient (Wildman–Crippen LogP) is 3.09. The molecule has 0 saturated carbocycles. The number of nitrogens with one attached hydrogen (secondary N) is 1. The average molecular weight is 335 g/mol. The first-order valence-corrected chi connectivity index (χ1v) is 6.61. The summed E-state index contributed by atoms with van der Waals surface area (Å²) in [6, 6.07) is 3.85. The molecule has 0 saturated heterocycles. The van der Waals surface area contributed by atoms with E-state index in [9.17, 15) is 9.59 Å². The first-order chi connectivity index (χ1) is 8.45. The minimum Gasteiger partial charge on any atom is -0.480 e. The standard InChI is InChI=1S/C12H13BrClNO3/c1-2-3-10(12(17)18)15-11(16)7-4-5-8(13)9(14)6-7/h4-6,10H,2-3H2,1H3,(H,15,16)(H,17,18)/t10-/m0/s1. The zero-order chi connectivity index (χ0) is 13.7. The van der Waals surface area contributed by atoms with E-state index in [1.807, 2.05) is 6.92 Å². The molecule has 0 aliphatic heterocycles. The van der Waals surface area contributed by atoms with Crippen LogP contribution in [0.5, 0.6) is 0 Å². The van der Waals surface area contributed by atoms with Crippen LogP contribution in [0, 0.1) is 0 Å². The maximum atomic E-state index is 11.8. The van der Waals surface area contributed by atoms with Crippen molar-refractivity contribution in [3.8, 4) is 0 Å². The highest BCUT2D eigenvalue weighted by Gasteiger charge is 2.19. The van der Waals surface area contributed by atoms with Gasteiger partial charge in [-0.05, 0) is 40.5 Å². The third-order valence-corrected chi connectivity index (χ3v) is 3.60. The summed E-state index contributed by atoms with van der Waals surface area (Å²) in [7, 11) is 0. The number of amides is 1. The number of aliphatic carboxylic acids is 1. The monoisotopic (exact) mass is 333 g/mol. The molecular formula is C12H13BrClNO3. The number of carbonyl (C=O) groups excluding carboxylic acids is 1. The van der Waals surface area contributed by atoms with Crippen LogP contribution >= 0.6 is 27.5 Å². The molecule has 1 aromatic carbocycles. The Hall–Kier alpha value is -1.07. The highest BCUT2D eigenvalue weighted by atomic mass is 79.9. The van der Waals surface area contributed by atoms with E-state index in [2.05, 4.69) is 21.2 Å². The van der Waals surface area contributed by atoms with Crippen molar-refractivity contribution in [1.29, 1.82) is 0 Å². The van der Waals surface area contributed by atoms with Gasteiger partial charge in [-0.15, -0.1) is 0 Å². The number of hydrogen-bond donors (Lipinski definition) is 2. The quantitative estimate of drug-likeness (QED) is 0.869. The molecule has 0 radical (unpaired) electrons. The van der Waals surface area contributed by atoms with Crippen molar-refractivity contribution >= 4 is 39.4 Å². The molecule has 0 aliphatic rings. The summed E-state index contributed by atoms with van der Waals surface area (Å²) in [5.74, 6) is -1.47. The highest BCUT2D eigenvalue weighted by Crippen LogP contribution is 2.23. The SMILES string of the molecule is CCC[C@H](NC(=O)c1ccc(Br)c(Cl)c1)C(=O)O. The summed E-state index contributed by atoms with van der Waals surface area (Å²) in [4.78, 5) is 22.8. The molecule has 1 amide bonds. The lowest BCUT2D eigenvalue weighted by molar-refractivity contribution is -0.139. The van der Waals surface area contributed by atoms with Crippen molar-refractivity contribution in [1.82, 2.24) is 5.32 Å². The number of hydrogen-bond acceptors (Lipinski definition) is 2. The molecule has 0 aromatic heterocycles. The van der Waals surface area contributed by atoms with Crippen molar-refractivity contribution in [3.63, 3.8) is 0 Å². The maximum absolute atomic E-state index is 11.8. The van der Waals surface area contributed by atoms with Gasteiger partial charge in [-0.1, -0.05) is 24.9 Å². The Balaban J connectivity index is 2.80. The second-order valence-electron chi connectivity index (χ2n) is 3.78. The Labute approximate surface area is 118 Å². The van der Waals surface area contributed by atoms with Crippen molar-refractivity contribution in [2.24, 2.45) is 0 Å². The second-order valence-corrected chi connectivity index (χ2v) is 5.04. The van der Waals surface area contributed by atoms with Gasteiger partial charge in [-0.25, -0.2) is 4.79 Å². The Morgan fingerprint density at radius 3 is 2.67 bits per heavy atom. The zero-order valence-corrected chi connectivity index (χ0v) is 12.1.